The number of hydrogen-bond donors (Lipinski definition) is 1. The molecule has 0 radical (unpaired) electrons. The van der Waals surface area contributed by atoms with Gasteiger partial charge in [-0.05, 0) is 25.1 Å². The zero-order valence-corrected chi connectivity index (χ0v) is 11.7. The lowest BCUT2D eigenvalue weighted by Crippen LogP contribution is -2.24. The highest BCUT2D eigenvalue weighted by Gasteiger charge is 2.17. The van der Waals surface area contributed by atoms with Crippen LogP contribution in [0.3, 0.4) is 0 Å². The van der Waals surface area contributed by atoms with Gasteiger partial charge >= 0.3 is 0 Å². The van der Waals surface area contributed by atoms with Gasteiger partial charge in [0.25, 0.3) is 0 Å². The summed E-state index contributed by atoms with van der Waals surface area (Å²) in [6, 6.07) is 7.47. The van der Waals surface area contributed by atoms with Crippen molar-refractivity contribution in [1.29, 1.82) is 0 Å². The van der Waals surface area contributed by atoms with Crippen molar-refractivity contribution in [2.24, 2.45) is 7.05 Å². The van der Waals surface area contributed by atoms with Crippen LogP contribution in [0.5, 0.6) is 0 Å². The van der Waals surface area contributed by atoms with Crippen molar-refractivity contribution in [3.63, 3.8) is 0 Å². The number of benzene rings is 1. The van der Waals surface area contributed by atoms with Gasteiger partial charge in [-0.3, -0.25) is 4.68 Å². The van der Waals surface area contributed by atoms with E-state index in [2.05, 4.69) is 10.4 Å². The molecule has 0 aliphatic heterocycles. The third-order valence-corrected chi connectivity index (χ3v) is 3.23. The molecule has 2 aromatic rings. The van der Waals surface area contributed by atoms with Crippen molar-refractivity contribution in [1.82, 2.24) is 15.1 Å². The van der Waals surface area contributed by atoms with Crippen molar-refractivity contribution in [3.8, 4) is 0 Å². The summed E-state index contributed by atoms with van der Waals surface area (Å²) in [5.74, 6) is -0.121. The topological polar surface area (TPSA) is 29.9 Å². The average molecular weight is 261 g/mol. The van der Waals surface area contributed by atoms with Crippen molar-refractivity contribution in [3.05, 3.63) is 53.1 Å². The van der Waals surface area contributed by atoms with Crippen LogP contribution in [0.4, 0.5) is 4.39 Å². The van der Waals surface area contributed by atoms with Crippen molar-refractivity contribution in [2.45, 2.75) is 26.3 Å². The third kappa shape index (κ3) is 3.20. The molecule has 2 rings (SSSR count). The van der Waals surface area contributed by atoms with Gasteiger partial charge < -0.3 is 5.32 Å². The summed E-state index contributed by atoms with van der Waals surface area (Å²) >= 11 is 0. The molecule has 1 N–H and O–H groups in total. The molecule has 1 aromatic heterocycles. The Morgan fingerprint density at radius 1 is 1.37 bits per heavy atom. The van der Waals surface area contributed by atoms with Crippen LogP contribution in [0.1, 0.15) is 29.8 Å². The second-order valence-electron chi connectivity index (χ2n) is 4.77. The molecule has 0 amide bonds. The third-order valence-electron chi connectivity index (χ3n) is 3.23. The minimum absolute atomic E-state index is 0.0419. The molecule has 0 fully saturated rings. The summed E-state index contributed by atoms with van der Waals surface area (Å²) in [6.45, 7) is 4.62. The molecule has 0 bridgehead atoms. The van der Waals surface area contributed by atoms with Crippen LogP contribution in [0.25, 0.3) is 0 Å². The molecule has 4 heteroatoms. The normalized spacial score (nSPS) is 12.6. The number of nitrogens with one attached hydrogen (secondary N) is 1. The minimum Gasteiger partial charge on any atom is -0.310 e. The zero-order valence-electron chi connectivity index (χ0n) is 11.7. The predicted molar refractivity (Wildman–Crippen MR) is 74.5 cm³/mol. The van der Waals surface area contributed by atoms with Gasteiger partial charge in [0, 0.05) is 31.3 Å². The smallest absolute Gasteiger partial charge is 0.130 e. The second kappa shape index (κ2) is 5.97. The molecule has 1 heterocycles. The Balaban J connectivity index is 2.26. The van der Waals surface area contributed by atoms with Gasteiger partial charge in [0.1, 0.15) is 5.82 Å². The maximum atomic E-state index is 14.2. The van der Waals surface area contributed by atoms with Crippen LogP contribution in [-0.2, 0) is 13.5 Å². The molecule has 1 aromatic carbocycles. The van der Waals surface area contributed by atoms with E-state index in [0.29, 0.717) is 17.5 Å². The molecule has 0 spiro atoms. The largest absolute Gasteiger partial charge is 0.310 e. The summed E-state index contributed by atoms with van der Waals surface area (Å²) in [5.41, 5.74) is 2.36. The Bertz CT molecular complexity index is 548. The Hall–Kier alpha value is -1.68. The summed E-state index contributed by atoms with van der Waals surface area (Å²) < 4.78 is 16.0. The number of likely N-dealkylation sites (N-methyl/N-ethyl adjacent to an activating group) is 1. The number of rotatable bonds is 5. The Morgan fingerprint density at radius 3 is 2.79 bits per heavy atom. The number of nitrogens with zero attached hydrogens (tertiary/aromatic N) is 2. The number of aryl methyl sites for hydroxylation is 2. The summed E-state index contributed by atoms with van der Waals surface area (Å²) in [6.07, 6.45) is 2.60. The average Bonchev–Trinajstić information content (AvgIpc) is 2.78. The lowest BCUT2D eigenvalue weighted by molar-refractivity contribution is 0.501. The quantitative estimate of drug-likeness (QED) is 0.897. The molecule has 0 aliphatic carbocycles. The minimum atomic E-state index is -0.121. The predicted octanol–water partition coefficient (Wildman–Crippen LogP) is 2.76. The van der Waals surface area contributed by atoms with Gasteiger partial charge in [-0.15, -0.1) is 0 Å². The number of aromatic nitrogens is 2. The number of hydrogen-bond acceptors (Lipinski definition) is 2. The van der Waals surface area contributed by atoms with Gasteiger partial charge in [0.15, 0.2) is 0 Å². The molecule has 0 saturated carbocycles. The Morgan fingerprint density at radius 2 is 2.16 bits per heavy atom. The molecule has 19 heavy (non-hydrogen) atoms. The van der Waals surface area contributed by atoms with Crippen LogP contribution < -0.4 is 5.32 Å². The molecule has 3 nitrogen and oxygen atoms in total. The van der Waals surface area contributed by atoms with Crippen LogP contribution in [-0.4, -0.2) is 16.3 Å². The highest BCUT2D eigenvalue weighted by molar-refractivity contribution is 5.28. The van der Waals surface area contributed by atoms with E-state index in [4.69, 9.17) is 0 Å². The van der Waals surface area contributed by atoms with Crippen molar-refractivity contribution >= 4 is 0 Å². The molecular weight excluding hydrogens is 241 g/mol. The fourth-order valence-electron chi connectivity index (χ4n) is 2.26. The van der Waals surface area contributed by atoms with E-state index in [1.807, 2.05) is 38.4 Å². The lowest BCUT2D eigenvalue weighted by atomic mass is 9.99. The molecular formula is C15H20FN3. The Labute approximate surface area is 113 Å². The SMILES string of the molecule is CCNC(Cc1ccn(C)n1)c1cccc(C)c1F. The molecule has 1 unspecified atom stereocenters. The van der Waals surface area contributed by atoms with E-state index < -0.39 is 0 Å². The van der Waals surface area contributed by atoms with Gasteiger partial charge in [0.2, 0.25) is 0 Å². The Kier molecular flexibility index (Phi) is 4.32. The van der Waals surface area contributed by atoms with Crippen LogP contribution >= 0.6 is 0 Å². The fourth-order valence-corrected chi connectivity index (χ4v) is 2.26. The summed E-state index contributed by atoms with van der Waals surface area (Å²) in [5, 5.41) is 7.70. The monoisotopic (exact) mass is 261 g/mol. The van der Waals surface area contributed by atoms with Gasteiger partial charge in [-0.25, -0.2) is 4.39 Å². The zero-order chi connectivity index (χ0) is 13.8. The van der Waals surface area contributed by atoms with Crippen LogP contribution in [0.15, 0.2) is 30.5 Å². The second-order valence-corrected chi connectivity index (χ2v) is 4.77. The van der Waals surface area contributed by atoms with E-state index in [-0.39, 0.29) is 11.9 Å². The van der Waals surface area contributed by atoms with Gasteiger partial charge in [-0.1, -0.05) is 25.1 Å². The number of halogens is 1. The standard InChI is InChI=1S/C15H20FN3/c1-4-17-14(10-12-8-9-19(3)18-12)13-7-5-6-11(2)15(13)16/h5-9,14,17H,4,10H2,1-3H3. The van der Waals surface area contributed by atoms with E-state index in [1.165, 1.54) is 0 Å². The fraction of sp³-hybridized carbons (Fsp3) is 0.400. The van der Waals surface area contributed by atoms with Gasteiger partial charge in [-0.2, -0.15) is 5.10 Å². The highest BCUT2D eigenvalue weighted by atomic mass is 19.1. The van der Waals surface area contributed by atoms with Crippen molar-refractivity contribution < 1.29 is 4.39 Å². The molecule has 1 atom stereocenters. The molecule has 102 valence electrons. The summed E-state index contributed by atoms with van der Waals surface area (Å²) in [7, 11) is 1.89. The molecule has 0 aliphatic rings. The highest BCUT2D eigenvalue weighted by Crippen LogP contribution is 2.22. The maximum absolute atomic E-state index is 14.2. The van der Waals surface area contributed by atoms with E-state index in [0.717, 1.165) is 12.2 Å². The van der Waals surface area contributed by atoms with E-state index in [1.54, 1.807) is 17.7 Å². The first-order valence-electron chi connectivity index (χ1n) is 6.58. The van der Waals surface area contributed by atoms with E-state index >= 15 is 0 Å². The van der Waals surface area contributed by atoms with Crippen LogP contribution in [0, 0.1) is 12.7 Å². The van der Waals surface area contributed by atoms with E-state index in [9.17, 15) is 4.39 Å². The van der Waals surface area contributed by atoms with Crippen molar-refractivity contribution in [2.75, 3.05) is 6.54 Å². The maximum Gasteiger partial charge on any atom is 0.130 e. The first-order valence-corrected chi connectivity index (χ1v) is 6.58. The molecule has 0 saturated heterocycles. The van der Waals surface area contributed by atoms with Gasteiger partial charge in [0.05, 0.1) is 5.69 Å². The summed E-state index contributed by atoms with van der Waals surface area (Å²) in [4.78, 5) is 0. The van der Waals surface area contributed by atoms with Crippen LogP contribution in [0.2, 0.25) is 0 Å². The first kappa shape index (κ1) is 13.7. The first-order chi connectivity index (χ1) is 9.11. The lowest BCUT2D eigenvalue weighted by Gasteiger charge is -2.18.